The van der Waals surface area contributed by atoms with Gasteiger partial charge in [-0.15, -0.1) is 10.2 Å². The molecule has 110 valence electrons. The van der Waals surface area contributed by atoms with Gasteiger partial charge in [0.25, 0.3) is 0 Å². The number of morpholine rings is 1. The standard InChI is InChI=1S/C14H21ClN4O/c1-10-11(2)14(17-16-13(10)15)19-4-3-12(9-19)18-5-7-20-8-6-18/h12H,3-9H2,1-2H3. The van der Waals surface area contributed by atoms with Crippen molar-refractivity contribution >= 4 is 17.4 Å². The summed E-state index contributed by atoms with van der Waals surface area (Å²) in [6.45, 7) is 9.95. The van der Waals surface area contributed by atoms with Crippen LogP contribution in [0.25, 0.3) is 0 Å². The number of hydrogen-bond donors (Lipinski definition) is 0. The van der Waals surface area contributed by atoms with Crippen LogP contribution in [0.4, 0.5) is 5.82 Å². The Morgan fingerprint density at radius 2 is 1.85 bits per heavy atom. The van der Waals surface area contributed by atoms with Gasteiger partial charge in [0.1, 0.15) is 0 Å². The lowest BCUT2D eigenvalue weighted by Crippen LogP contribution is -2.44. The van der Waals surface area contributed by atoms with Crippen molar-refractivity contribution in [3.8, 4) is 0 Å². The maximum absolute atomic E-state index is 6.03. The molecule has 0 aromatic carbocycles. The van der Waals surface area contributed by atoms with Gasteiger partial charge in [0.15, 0.2) is 11.0 Å². The lowest BCUT2D eigenvalue weighted by molar-refractivity contribution is 0.0209. The van der Waals surface area contributed by atoms with E-state index in [0.717, 1.165) is 56.3 Å². The molecule has 2 aliphatic heterocycles. The first-order valence-corrected chi connectivity index (χ1v) is 7.60. The second kappa shape index (κ2) is 5.84. The first kappa shape index (κ1) is 14.0. The van der Waals surface area contributed by atoms with Crippen LogP contribution < -0.4 is 4.90 Å². The number of ether oxygens (including phenoxy) is 1. The topological polar surface area (TPSA) is 41.5 Å². The molecule has 0 amide bonds. The van der Waals surface area contributed by atoms with E-state index in [1.54, 1.807) is 0 Å². The summed E-state index contributed by atoms with van der Waals surface area (Å²) in [5, 5.41) is 8.87. The molecule has 1 unspecified atom stereocenters. The fourth-order valence-electron chi connectivity index (χ4n) is 3.04. The highest BCUT2D eigenvalue weighted by molar-refractivity contribution is 6.30. The van der Waals surface area contributed by atoms with Crippen LogP contribution in [0.3, 0.4) is 0 Å². The summed E-state index contributed by atoms with van der Waals surface area (Å²) in [6, 6.07) is 0.607. The minimum atomic E-state index is 0.509. The Bertz CT molecular complexity index is 490. The molecule has 1 aromatic heterocycles. The molecule has 2 saturated heterocycles. The number of nitrogens with zero attached hydrogens (tertiary/aromatic N) is 4. The second-order valence-electron chi connectivity index (χ2n) is 5.60. The minimum absolute atomic E-state index is 0.509. The molecule has 3 rings (SSSR count). The molecule has 20 heavy (non-hydrogen) atoms. The fourth-order valence-corrected chi connectivity index (χ4v) is 3.22. The van der Waals surface area contributed by atoms with Crippen LogP contribution in [0.2, 0.25) is 5.15 Å². The third kappa shape index (κ3) is 2.62. The van der Waals surface area contributed by atoms with E-state index in [2.05, 4.69) is 26.9 Å². The lowest BCUT2D eigenvalue weighted by atomic mass is 10.2. The van der Waals surface area contributed by atoms with E-state index in [0.29, 0.717) is 11.2 Å². The van der Waals surface area contributed by atoms with E-state index in [4.69, 9.17) is 16.3 Å². The van der Waals surface area contributed by atoms with E-state index in [9.17, 15) is 0 Å². The molecule has 0 radical (unpaired) electrons. The highest BCUT2D eigenvalue weighted by Crippen LogP contribution is 2.27. The Labute approximate surface area is 124 Å². The summed E-state index contributed by atoms with van der Waals surface area (Å²) in [5.41, 5.74) is 2.18. The predicted octanol–water partition coefficient (Wildman–Crippen LogP) is 1.66. The SMILES string of the molecule is Cc1c(Cl)nnc(N2CCC(N3CCOCC3)C2)c1C. The van der Waals surface area contributed by atoms with Gasteiger partial charge in [0.2, 0.25) is 0 Å². The highest BCUT2D eigenvalue weighted by atomic mass is 35.5. The van der Waals surface area contributed by atoms with Crippen molar-refractivity contribution in [1.29, 1.82) is 0 Å². The Hall–Kier alpha value is -0.910. The van der Waals surface area contributed by atoms with Gasteiger partial charge in [0.05, 0.1) is 13.2 Å². The maximum Gasteiger partial charge on any atom is 0.155 e. The van der Waals surface area contributed by atoms with Crippen LogP contribution in [0.5, 0.6) is 0 Å². The van der Waals surface area contributed by atoms with Gasteiger partial charge in [-0.25, -0.2) is 0 Å². The average Bonchev–Trinajstić information content (AvgIpc) is 2.95. The van der Waals surface area contributed by atoms with Gasteiger partial charge in [-0.2, -0.15) is 0 Å². The zero-order valence-electron chi connectivity index (χ0n) is 12.1. The van der Waals surface area contributed by atoms with Crippen LogP contribution >= 0.6 is 11.6 Å². The number of rotatable bonds is 2. The first-order chi connectivity index (χ1) is 9.66. The average molecular weight is 297 g/mol. The summed E-state index contributed by atoms with van der Waals surface area (Å²) in [7, 11) is 0. The smallest absolute Gasteiger partial charge is 0.155 e. The van der Waals surface area contributed by atoms with Crippen molar-refractivity contribution < 1.29 is 4.74 Å². The van der Waals surface area contributed by atoms with Gasteiger partial charge in [0, 0.05) is 32.2 Å². The number of aromatic nitrogens is 2. The van der Waals surface area contributed by atoms with Crippen LogP contribution in [0.15, 0.2) is 0 Å². The van der Waals surface area contributed by atoms with Crippen LogP contribution in [0.1, 0.15) is 17.5 Å². The van der Waals surface area contributed by atoms with Crippen LogP contribution in [-0.4, -0.2) is 60.5 Å². The number of halogens is 1. The molecular weight excluding hydrogens is 276 g/mol. The Balaban J connectivity index is 1.72. The third-order valence-electron chi connectivity index (χ3n) is 4.46. The van der Waals surface area contributed by atoms with Crippen LogP contribution in [0, 0.1) is 13.8 Å². The molecule has 0 saturated carbocycles. The van der Waals surface area contributed by atoms with E-state index in [1.807, 2.05) is 6.92 Å². The van der Waals surface area contributed by atoms with Gasteiger partial charge in [-0.05, 0) is 31.4 Å². The zero-order chi connectivity index (χ0) is 14.1. The highest BCUT2D eigenvalue weighted by Gasteiger charge is 2.30. The molecule has 0 spiro atoms. The largest absolute Gasteiger partial charge is 0.379 e. The molecule has 1 atom stereocenters. The van der Waals surface area contributed by atoms with Crippen molar-refractivity contribution in [3.63, 3.8) is 0 Å². The quantitative estimate of drug-likeness (QED) is 0.830. The predicted molar refractivity (Wildman–Crippen MR) is 79.5 cm³/mol. The van der Waals surface area contributed by atoms with Crippen molar-refractivity contribution in [1.82, 2.24) is 15.1 Å². The minimum Gasteiger partial charge on any atom is -0.379 e. The maximum atomic E-state index is 6.03. The van der Waals surface area contributed by atoms with Gasteiger partial charge >= 0.3 is 0 Å². The molecule has 2 aliphatic rings. The summed E-state index contributed by atoms with van der Waals surface area (Å²) >= 11 is 6.03. The molecule has 6 heteroatoms. The molecule has 0 N–H and O–H groups in total. The van der Waals surface area contributed by atoms with Crippen molar-refractivity contribution in [2.45, 2.75) is 26.3 Å². The lowest BCUT2D eigenvalue weighted by Gasteiger charge is -2.32. The molecule has 1 aromatic rings. The van der Waals surface area contributed by atoms with Crippen molar-refractivity contribution in [2.75, 3.05) is 44.3 Å². The first-order valence-electron chi connectivity index (χ1n) is 7.23. The monoisotopic (exact) mass is 296 g/mol. The van der Waals surface area contributed by atoms with Gasteiger partial charge < -0.3 is 9.64 Å². The summed E-state index contributed by atoms with van der Waals surface area (Å²) in [5.74, 6) is 0.989. The number of hydrogen-bond acceptors (Lipinski definition) is 5. The summed E-state index contributed by atoms with van der Waals surface area (Å²) in [4.78, 5) is 4.88. The normalized spacial score (nSPS) is 24.4. The van der Waals surface area contributed by atoms with Gasteiger partial charge in [-0.1, -0.05) is 11.6 Å². The zero-order valence-corrected chi connectivity index (χ0v) is 12.9. The summed E-state index contributed by atoms with van der Waals surface area (Å²) < 4.78 is 5.43. The van der Waals surface area contributed by atoms with Gasteiger partial charge in [-0.3, -0.25) is 4.90 Å². The molecule has 0 bridgehead atoms. The Morgan fingerprint density at radius 3 is 2.60 bits per heavy atom. The van der Waals surface area contributed by atoms with E-state index in [-0.39, 0.29) is 0 Å². The second-order valence-corrected chi connectivity index (χ2v) is 5.96. The van der Waals surface area contributed by atoms with E-state index >= 15 is 0 Å². The fraction of sp³-hybridized carbons (Fsp3) is 0.714. The van der Waals surface area contributed by atoms with Crippen molar-refractivity contribution in [2.24, 2.45) is 0 Å². The Morgan fingerprint density at radius 1 is 1.10 bits per heavy atom. The number of anilines is 1. The van der Waals surface area contributed by atoms with E-state index in [1.165, 1.54) is 6.42 Å². The molecule has 2 fully saturated rings. The molecular formula is C14H21ClN4O. The third-order valence-corrected chi connectivity index (χ3v) is 4.82. The molecule has 3 heterocycles. The molecule has 5 nitrogen and oxygen atoms in total. The van der Waals surface area contributed by atoms with Crippen LogP contribution in [-0.2, 0) is 4.74 Å². The van der Waals surface area contributed by atoms with E-state index < -0.39 is 0 Å². The van der Waals surface area contributed by atoms with Crippen molar-refractivity contribution in [3.05, 3.63) is 16.3 Å². The molecule has 0 aliphatic carbocycles. The Kier molecular flexibility index (Phi) is 4.10. The summed E-state index contributed by atoms with van der Waals surface area (Å²) in [6.07, 6.45) is 1.18.